The highest BCUT2D eigenvalue weighted by Gasteiger charge is 2.10. The first kappa shape index (κ1) is 17.9. The summed E-state index contributed by atoms with van der Waals surface area (Å²) in [5.41, 5.74) is 1.08. The van der Waals surface area contributed by atoms with Crippen molar-refractivity contribution in [3.8, 4) is 5.75 Å². The second kappa shape index (κ2) is 7.99. The van der Waals surface area contributed by atoms with Crippen LogP contribution in [0.25, 0.3) is 0 Å². The van der Waals surface area contributed by atoms with Crippen LogP contribution in [0.1, 0.15) is 17.2 Å². The summed E-state index contributed by atoms with van der Waals surface area (Å²) >= 11 is 8.57. The Morgan fingerprint density at radius 2 is 1.96 bits per heavy atom. The second-order valence-electron chi connectivity index (χ2n) is 5.65. The molecule has 6 nitrogen and oxygen atoms in total. The smallest absolute Gasteiger partial charge is 0.288 e. The summed E-state index contributed by atoms with van der Waals surface area (Å²) in [6.45, 7) is 1.16. The fraction of sp³-hybridized carbons (Fsp3) is 0.294. The van der Waals surface area contributed by atoms with Crippen molar-refractivity contribution in [2.45, 2.75) is 19.6 Å². The minimum absolute atomic E-state index is 0.357. The molecule has 3 rings (SSSR count). The van der Waals surface area contributed by atoms with E-state index in [9.17, 15) is 0 Å². The predicted molar refractivity (Wildman–Crippen MR) is 99.0 cm³/mol. The maximum absolute atomic E-state index is 5.61. The van der Waals surface area contributed by atoms with Crippen LogP contribution >= 0.6 is 28.1 Å². The first-order valence-corrected chi connectivity index (χ1v) is 8.86. The number of nitrogens with zero attached hydrogens (tertiary/aromatic N) is 3. The normalized spacial score (nSPS) is 11.2. The van der Waals surface area contributed by atoms with Crippen molar-refractivity contribution in [3.63, 3.8) is 0 Å². The zero-order chi connectivity index (χ0) is 17.8. The van der Waals surface area contributed by atoms with E-state index in [0.717, 1.165) is 21.7 Å². The van der Waals surface area contributed by atoms with Crippen LogP contribution in [-0.4, -0.2) is 28.8 Å². The van der Waals surface area contributed by atoms with Crippen LogP contribution in [0.3, 0.4) is 0 Å². The van der Waals surface area contributed by atoms with Crippen LogP contribution in [0.4, 0.5) is 0 Å². The number of furan rings is 1. The molecule has 0 N–H and O–H groups in total. The average molecular weight is 424 g/mol. The molecule has 0 spiro atoms. The lowest BCUT2D eigenvalue weighted by molar-refractivity contribution is 0.222. The van der Waals surface area contributed by atoms with Crippen LogP contribution < -0.4 is 4.74 Å². The highest BCUT2D eigenvalue weighted by Crippen LogP contribution is 2.16. The molecule has 0 saturated carbocycles. The third-order valence-electron chi connectivity index (χ3n) is 3.59. The van der Waals surface area contributed by atoms with Crippen molar-refractivity contribution < 1.29 is 13.6 Å². The van der Waals surface area contributed by atoms with Gasteiger partial charge in [-0.2, -0.15) is 0 Å². The molecule has 0 radical (unpaired) electrons. The standard InChI is InChI=1S/C17H18BrN3O3S/c1-20(10-14-7-8-15(18)23-14)11-21-17(25)24-16(19-21)9-12-3-5-13(22-2)6-4-12/h3-8H,9-11H2,1-2H3. The number of methoxy groups -OCH3 is 1. The maximum Gasteiger partial charge on any atom is 0.288 e. The molecule has 0 aliphatic heterocycles. The Labute approximate surface area is 159 Å². The molecule has 25 heavy (non-hydrogen) atoms. The minimum Gasteiger partial charge on any atom is -0.497 e. The monoisotopic (exact) mass is 423 g/mol. The lowest BCUT2D eigenvalue weighted by atomic mass is 10.1. The van der Waals surface area contributed by atoms with Crippen LogP contribution in [0, 0.1) is 4.84 Å². The van der Waals surface area contributed by atoms with Gasteiger partial charge in [-0.15, -0.1) is 5.10 Å². The molecule has 0 atom stereocenters. The zero-order valence-electron chi connectivity index (χ0n) is 13.9. The molecule has 0 bridgehead atoms. The first-order chi connectivity index (χ1) is 12.0. The Bertz CT molecular complexity index is 885. The van der Waals surface area contributed by atoms with E-state index < -0.39 is 0 Å². The number of hydrogen-bond acceptors (Lipinski definition) is 6. The van der Waals surface area contributed by atoms with Gasteiger partial charge in [0.1, 0.15) is 11.5 Å². The Hall–Kier alpha value is -1.90. The summed E-state index contributed by atoms with van der Waals surface area (Å²) in [6.07, 6.45) is 0.579. The van der Waals surface area contributed by atoms with E-state index >= 15 is 0 Å². The maximum atomic E-state index is 5.61. The van der Waals surface area contributed by atoms with Gasteiger partial charge in [0.15, 0.2) is 4.67 Å². The summed E-state index contributed by atoms with van der Waals surface area (Å²) in [6, 6.07) is 11.6. The molecule has 0 aliphatic rings. The van der Waals surface area contributed by atoms with Crippen LogP contribution in [0.15, 0.2) is 49.9 Å². The summed E-state index contributed by atoms with van der Waals surface area (Å²) in [5, 5.41) is 4.47. The van der Waals surface area contributed by atoms with E-state index in [1.807, 2.05) is 48.3 Å². The molecule has 3 aromatic rings. The van der Waals surface area contributed by atoms with Gasteiger partial charge in [0.05, 0.1) is 26.7 Å². The van der Waals surface area contributed by atoms with Crippen molar-refractivity contribution in [2.75, 3.05) is 14.2 Å². The van der Waals surface area contributed by atoms with Gasteiger partial charge >= 0.3 is 0 Å². The minimum atomic E-state index is 0.357. The lowest BCUT2D eigenvalue weighted by Gasteiger charge is -2.13. The van der Waals surface area contributed by atoms with E-state index in [-0.39, 0.29) is 0 Å². The predicted octanol–water partition coefficient (Wildman–Crippen LogP) is 4.25. The molecule has 8 heteroatoms. The fourth-order valence-electron chi connectivity index (χ4n) is 2.41. The number of halogens is 1. The topological polar surface area (TPSA) is 56.6 Å². The van der Waals surface area contributed by atoms with Crippen molar-refractivity contribution in [2.24, 2.45) is 0 Å². The van der Waals surface area contributed by atoms with E-state index in [1.54, 1.807) is 11.8 Å². The van der Waals surface area contributed by atoms with Crippen molar-refractivity contribution in [1.29, 1.82) is 0 Å². The molecule has 0 unspecified atom stereocenters. The van der Waals surface area contributed by atoms with E-state index in [0.29, 0.717) is 30.4 Å². The van der Waals surface area contributed by atoms with Gasteiger partial charge in [-0.05, 0) is 65.0 Å². The van der Waals surface area contributed by atoms with Gasteiger partial charge in [-0.25, -0.2) is 4.68 Å². The molecule has 0 saturated heterocycles. The molecule has 1 aromatic carbocycles. The number of ether oxygens (including phenoxy) is 1. The number of rotatable bonds is 7. The SMILES string of the molecule is COc1ccc(Cc2nn(CN(C)Cc3ccc(Br)o3)c(=S)o2)cc1. The van der Waals surface area contributed by atoms with Gasteiger partial charge in [0.25, 0.3) is 4.84 Å². The quantitative estimate of drug-likeness (QED) is 0.529. The second-order valence-corrected chi connectivity index (χ2v) is 6.78. The summed E-state index contributed by atoms with van der Waals surface area (Å²) in [4.78, 5) is 2.40. The van der Waals surface area contributed by atoms with Crippen LogP contribution in [0.5, 0.6) is 5.75 Å². The summed E-state index contributed by atoms with van der Waals surface area (Å²) in [5.74, 6) is 2.27. The van der Waals surface area contributed by atoms with Gasteiger partial charge in [0.2, 0.25) is 5.89 Å². The summed E-state index contributed by atoms with van der Waals surface area (Å²) < 4.78 is 18.7. The van der Waals surface area contributed by atoms with Gasteiger partial charge in [0, 0.05) is 0 Å². The van der Waals surface area contributed by atoms with E-state index in [1.165, 1.54) is 0 Å². The lowest BCUT2D eigenvalue weighted by Crippen LogP contribution is -2.22. The average Bonchev–Trinajstić information content (AvgIpc) is 3.14. The van der Waals surface area contributed by atoms with Crippen molar-refractivity contribution in [1.82, 2.24) is 14.7 Å². The highest BCUT2D eigenvalue weighted by atomic mass is 79.9. The molecular formula is C17H18BrN3O3S. The Morgan fingerprint density at radius 1 is 1.20 bits per heavy atom. The van der Waals surface area contributed by atoms with Crippen LogP contribution in [0.2, 0.25) is 0 Å². The van der Waals surface area contributed by atoms with Crippen LogP contribution in [-0.2, 0) is 19.6 Å². The molecule has 2 aromatic heterocycles. The number of aromatic nitrogens is 2. The zero-order valence-corrected chi connectivity index (χ0v) is 16.3. The van der Waals surface area contributed by atoms with Gasteiger partial charge in [-0.1, -0.05) is 12.1 Å². The number of benzene rings is 1. The highest BCUT2D eigenvalue weighted by molar-refractivity contribution is 9.10. The van der Waals surface area contributed by atoms with Crippen molar-refractivity contribution >= 4 is 28.1 Å². The fourth-order valence-corrected chi connectivity index (χ4v) is 2.94. The van der Waals surface area contributed by atoms with Gasteiger partial charge in [-0.3, -0.25) is 4.90 Å². The molecular weight excluding hydrogens is 406 g/mol. The Balaban J connectivity index is 1.64. The number of hydrogen-bond donors (Lipinski definition) is 0. The largest absolute Gasteiger partial charge is 0.497 e. The summed E-state index contributed by atoms with van der Waals surface area (Å²) in [7, 11) is 3.61. The van der Waals surface area contributed by atoms with Gasteiger partial charge < -0.3 is 13.6 Å². The molecule has 0 fully saturated rings. The van der Waals surface area contributed by atoms with E-state index in [2.05, 4.69) is 21.0 Å². The first-order valence-electron chi connectivity index (χ1n) is 7.66. The Morgan fingerprint density at radius 3 is 2.60 bits per heavy atom. The molecule has 2 heterocycles. The Kier molecular flexibility index (Phi) is 5.72. The molecule has 132 valence electrons. The molecule has 0 amide bonds. The molecule has 0 aliphatic carbocycles. The van der Waals surface area contributed by atoms with E-state index in [4.69, 9.17) is 25.8 Å². The third-order valence-corrected chi connectivity index (χ3v) is 4.31. The third kappa shape index (κ3) is 4.81. The van der Waals surface area contributed by atoms with Crippen molar-refractivity contribution in [3.05, 3.63) is 63.1 Å².